The van der Waals surface area contributed by atoms with Crippen molar-refractivity contribution in [1.82, 2.24) is 5.32 Å². The van der Waals surface area contributed by atoms with Crippen LogP contribution in [-0.4, -0.2) is 64.5 Å². The average molecular weight is 460 g/mol. The van der Waals surface area contributed by atoms with E-state index < -0.39 is 60.4 Å². The van der Waals surface area contributed by atoms with Crippen molar-refractivity contribution in [3.63, 3.8) is 0 Å². The van der Waals surface area contributed by atoms with E-state index in [4.69, 9.17) is 9.47 Å². The molecule has 2 aliphatic rings. The number of aliphatic hydroxyl groups excluding tert-OH is 2. The number of hydrogen-bond acceptors (Lipinski definition) is 7. The van der Waals surface area contributed by atoms with Gasteiger partial charge in [-0.3, -0.25) is 4.99 Å². The number of fused-ring (bicyclic) bond motifs is 1. The van der Waals surface area contributed by atoms with E-state index in [9.17, 15) is 36.6 Å². The van der Waals surface area contributed by atoms with E-state index >= 15 is 0 Å². The number of alkyl halides is 6. The molecule has 2 aliphatic heterocycles. The Hall–Kier alpha value is -1.54. The van der Waals surface area contributed by atoms with Gasteiger partial charge < -0.3 is 25.0 Å². The zero-order valence-corrected chi connectivity index (χ0v) is 16.1. The van der Waals surface area contributed by atoms with Gasteiger partial charge in [-0.05, 0) is 17.7 Å². The van der Waals surface area contributed by atoms with Crippen LogP contribution < -0.4 is 5.32 Å². The topological polar surface area (TPSA) is 83.3 Å². The van der Waals surface area contributed by atoms with Gasteiger partial charge in [-0.2, -0.15) is 26.3 Å². The molecule has 1 saturated heterocycles. The Morgan fingerprint density at radius 1 is 1.13 bits per heavy atom. The maximum atomic E-state index is 13.6. The van der Waals surface area contributed by atoms with Crippen molar-refractivity contribution >= 4 is 16.9 Å². The fourth-order valence-corrected chi connectivity index (χ4v) is 4.17. The number of hydrogen-bond donors (Lipinski definition) is 3. The van der Waals surface area contributed by atoms with Gasteiger partial charge in [0.05, 0.1) is 12.2 Å². The summed E-state index contributed by atoms with van der Waals surface area (Å²) in [6.45, 7) is -0.676. The van der Waals surface area contributed by atoms with Crippen molar-refractivity contribution in [3.8, 4) is 0 Å². The predicted octanol–water partition coefficient (Wildman–Crippen LogP) is 2.29. The molecule has 13 heteroatoms. The summed E-state index contributed by atoms with van der Waals surface area (Å²) in [6.07, 6.45) is -17.7. The van der Waals surface area contributed by atoms with E-state index in [-0.39, 0.29) is 5.56 Å². The van der Waals surface area contributed by atoms with Crippen LogP contribution in [0.3, 0.4) is 0 Å². The minimum absolute atomic E-state index is 0.0667. The highest BCUT2D eigenvalue weighted by molar-refractivity contribution is 8.14. The van der Waals surface area contributed by atoms with E-state index in [1.165, 1.54) is 7.05 Å². The minimum atomic E-state index is -4.97. The molecule has 0 bridgehead atoms. The third-order valence-corrected chi connectivity index (χ3v) is 5.80. The number of nitrogens with zero attached hydrogens (tertiary/aromatic N) is 1. The quantitative estimate of drug-likeness (QED) is 0.599. The smallest absolute Gasteiger partial charge is 0.388 e. The lowest BCUT2D eigenvalue weighted by Crippen LogP contribution is -2.61. The second-order valence-corrected chi connectivity index (χ2v) is 7.80. The van der Waals surface area contributed by atoms with Crippen molar-refractivity contribution in [3.05, 3.63) is 35.4 Å². The van der Waals surface area contributed by atoms with Crippen LogP contribution in [0.2, 0.25) is 0 Å². The molecule has 0 radical (unpaired) electrons. The molecule has 3 rings (SSSR count). The highest BCUT2D eigenvalue weighted by atomic mass is 32.2. The zero-order chi connectivity index (χ0) is 22.3. The van der Waals surface area contributed by atoms with E-state index in [1.54, 1.807) is 0 Å². The molecule has 0 saturated carbocycles. The Balaban J connectivity index is 1.73. The molecule has 30 heavy (non-hydrogen) atoms. The number of ether oxygens (including phenoxy) is 2. The van der Waals surface area contributed by atoms with Crippen molar-refractivity contribution in [2.24, 2.45) is 4.99 Å². The van der Waals surface area contributed by atoms with Gasteiger partial charge in [0.25, 0.3) is 0 Å². The maximum Gasteiger partial charge on any atom is 0.417 e. The molecule has 168 valence electrons. The standard InChI is InChI=1S/C17H18F6N2O4S/c1-24-15-25-9-10(26)11(27)12(29-14(9)30-15)13(17(21,22)23)28-6-7-2-4-8(5-3-7)16(18,19)20/h2-5,9-14,26-27H,6H2,1H3,(H,24,25)/t9-,10-,11+,12+,13-,14-/m1/s1. The van der Waals surface area contributed by atoms with E-state index in [2.05, 4.69) is 10.3 Å². The first-order chi connectivity index (χ1) is 13.9. The third-order valence-electron chi connectivity index (χ3n) is 4.65. The van der Waals surface area contributed by atoms with Gasteiger partial charge in [0.1, 0.15) is 29.8 Å². The fraction of sp³-hybridized carbons (Fsp3) is 0.588. The van der Waals surface area contributed by atoms with E-state index in [0.29, 0.717) is 5.17 Å². The summed E-state index contributed by atoms with van der Waals surface area (Å²) < 4.78 is 89.0. The Kier molecular flexibility index (Phi) is 6.58. The molecular formula is C17H18F6N2O4S. The molecule has 6 atom stereocenters. The SMILES string of the molecule is CNC1=N[C@@H]2[C@@H](O)[C@H](O)[C@@H]([C@@H](OCc3ccc(C(F)(F)F)cc3)C(F)(F)F)O[C@@H]2S1. The first kappa shape index (κ1) is 23.1. The highest BCUT2D eigenvalue weighted by Crippen LogP contribution is 2.40. The lowest BCUT2D eigenvalue weighted by atomic mass is 9.94. The van der Waals surface area contributed by atoms with Gasteiger partial charge in [0.2, 0.25) is 0 Å². The van der Waals surface area contributed by atoms with Crippen LogP contribution in [0.1, 0.15) is 11.1 Å². The van der Waals surface area contributed by atoms with Crippen molar-refractivity contribution < 1.29 is 46.0 Å². The van der Waals surface area contributed by atoms with Crippen LogP contribution in [0.15, 0.2) is 29.3 Å². The van der Waals surface area contributed by atoms with Crippen molar-refractivity contribution in [2.75, 3.05) is 7.05 Å². The molecule has 1 fully saturated rings. The molecule has 0 aliphatic carbocycles. The monoisotopic (exact) mass is 460 g/mol. The number of aliphatic imine (C=N–C) groups is 1. The number of benzene rings is 1. The summed E-state index contributed by atoms with van der Waals surface area (Å²) in [5.74, 6) is 0. The number of rotatable bonds is 4. The number of halogens is 6. The fourth-order valence-electron chi connectivity index (χ4n) is 3.11. The second-order valence-electron chi connectivity index (χ2n) is 6.71. The van der Waals surface area contributed by atoms with Crippen LogP contribution in [0.4, 0.5) is 26.3 Å². The summed E-state index contributed by atoms with van der Waals surface area (Å²) in [5.41, 5.74) is -1.84. The van der Waals surface area contributed by atoms with Gasteiger partial charge in [-0.1, -0.05) is 23.9 Å². The lowest BCUT2D eigenvalue weighted by molar-refractivity contribution is -0.286. The van der Waals surface area contributed by atoms with Gasteiger partial charge in [0, 0.05) is 7.05 Å². The Bertz CT molecular complexity index is 773. The number of amidine groups is 1. The summed E-state index contributed by atoms with van der Waals surface area (Å²) >= 11 is 0.967. The molecule has 1 aromatic carbocycles. The predicted molar refractivity (Wildman–Crippen MR) is 94.6 cm³/mol. The molecule has 2 heterocycles. The number of nitrogens with one attached hydrogen (secondary N) is 1. The highest BCUT2D eigenvalue weighted by Gasteiger charge is 2.57. The maximum absolute atomic E-state index is 13.6. The Labute approximate surface area is 171 Å². The second kappa shape index (κ2) is 8.54. The van der Waals surface area contributed by atoms with Crippen LogP contribution in [0.25, 0.3) is 0 Å². The lowest BCUT2D eigenvalue weighted by Gasteiger charge is -2.41. The van der Waals surface area contributed by atoms with Crippen molar-refractivity contribution in [1.29, 1.82) is 0 Å². The van der Waals surface area contributed by atoms with Crippen LogP contribution >= 0.6 is 11.8 Å². The third kappa shape index (κ3) is 4.85. The molecule has 1 aromatic rings. The summed E-state index contributed by atoms with van der Waals surface area (Å²) in [4.78, 5) is 4.06. The van der Waals surface area contributed by atoms with Crippen LogP contribution in [-0.2, 0) is 22.3 Å². The Morgan fingerprint density at radius 3 is 2.30 bits per heavy atom. The normalized spacial score (nSPS) is 30.6. The number of thioether (sulfide) groups is 1. The van der Waals surface area contributed by atoms with E-state index in [0.717, 1.165) is 36.0 Å². The summed E-state index contributed by atoms with van der Waals surface area (Å²) in [6, 6.07) is 2.51. The summed E-state index contributed by atoms with van der Waals surface area (Å²) in [5, 5.41) is 23.5. The van der Waals surface area contributed by atoms with Gasteiger partial charge in [-0.25, -0.2) is 0 Å². The molecule has 0 unspecified atom stereocenters. The van der Waals surface area contributed by atoms with Gasteiger partial charge in [0.15, 0.2) is 11.3 Å². The van der Waals surface area contributed by atoms with Gasteiger partial charge in [-0.15, -0.1) is 0 Å². The first-order valence-electron chi connectivity index (χ1n) is 8.70. The molecule has 3 N–H and O–H groups in total. The largest absolute Gasteiger partial charge is 0.417 e. The zero-order valence-electron chi connectivity index (χ0n) is 15.3. The molecular weight excluding hydrogens is 442 g/mol. The van der Waals surface area contributed by atoms with E-state index in [1.807, 2.05) is 0 Å². The minimum Gasteiger partial charge on any atom is -0.388 e. The summed E-state index contributed by atoms with van der Waals surface area (Å²) in [7, 11) is 1.54. The Morgan fingerprint density at radius 2 is 1.77 bits per heavy atom. The van der Waals surface area contributed by atoms with Gasteiger partial charge >= 0.3 is 12.4 Å². The number of aliphatic hydroxyl groups is 2. The molecule has 0 aromatic heterocycles. The van der Waals surface area contributed by atoms with Crippen LogP contribution in [0, 0.1) is 0 Å². The molecule has 0 spiro atoms. The average Bonchev–Trinajstić information content (AvgIpc) is 3.08. The molecule has 0 amide bonds. The van der Waals surface area contributed by atoms with Crippen LogP contribution in [0.5, 0.6) is 0 Å². The molecule has 6 nitrogen and oxygen atoms in total. The first-order valence-corrected chi connectivity index (χ1v) is 9.58. The van der Waals surface area contributed by atoms with Crippen molar-refractivity contribution in [2.45, 2.75) is 54.9 Å².